The molecule has 0 fully saturated rings. The second-order valence-corrected chi connectivity index (χ2v) is 4.54. The van der Waals surface area contributed by atoms with E-state index in [1.54, 1.807) is 30.5 Å². The maximum atomic E-state index is 11.7. The summed E-state index contributed by atoms with van der Waals surface area (Å²) in [7, 11) is 1.48. The van der Waals surface area contributed by atoms with Crippen molar-refractivity contribution >= 4 is 12.2 Å². The zero-order valence-corrected chi connectivity index (χ0v) is 10.6. The van der Waals surface area contributed by atoms with Gasteiger partial charge in [0.1, 0.15) is 12.7 Å². The Hall–Kier alpha value is -1.84. The molecule has 1 aromatic carbocycles. The fourth-order valence-corrected chi connectivity index (χ4v) is 1.16. The number of carbonyl (C=O) groups is 1. The molecule has 0 aliphatic carbocycles. The Kier molecular flexibility index (Phi) is 4.26. The third-order valence-electron chi connectivity index (χ3n) is 1.85. The van der Waals surface area contributed by atoms with Crippen molar-refractivity contribution in [2.45, 2.75) is 26.4 Å². The summed E-state index contributed by atoms with van der Waals surface area (Å²) in [6.07, 6.45) is 1.57. The maximum Gasteiger partial charge on any atom is 0.338 e. The number of oxime groups is 1. The molecule has 0 heterocycles. The highest BCUT2D eigenvalue weighted by molar-refractivity contribution is 5.91. The van der Waals surface area contributed by atoms with Crippen molar-refractivity contribution in [1.82, 2.24) is 0 Å². The number of nitrogens with zero attached hydrogens (tertiary/aromatic N) is 1. The molecule has 4 heteroatoms. The third kappa shape index (κ3) is 4.68. The molecule has 0 bridgehead atoms. The van der Waals surface area contributed by atoms with Crippen LogP contribution < -0.4 is 0 Å². The van der Waals surface area contributed by atoms with Gasteiger partial charge in [-0.15, -0.1) is 0 Å². The number of benzene rings is 1. The largest absolute Gasteiger partial charge is 0.456 e. The van der Waals surface area contributed by atoms with E-state index in [0.717, 1.165) is 5.56 Å². The van der Waals surface area contributed by atoms with Crippen molar-refractivity contribution in [1.29, 1.82) is 0 Å². The van der Waals surface area contributed by atoms with Gasteiger partial charge in [0.15, 0.2) is 0 Å². The first kappa shape index (κ1) is 13.2. The topological polar surface area (TPSA) is 47.9 Å². The smallest absolute Gasteiger partial charge is 0.338 e. The lowest BCUT2D eigenvalue weighted by Gasteiger charge is -2.19. The van der Waals surface area contributed by atoms with E-state index in [1.165, 1.54) is 7.11 Å². The fourth-order valence-electron chi connectivity index (χ4n) is 1.16. The van der Waals surface area contributed by atoms with E-state index in [2.05, 4.69) is 9.99 Å². The normalized spacial score (nSPS) is 11.5. The number of hydrogen-bond acceptors (Lipinski definition) is 4. The zero-order valence-electron chi connectivity index (χ0n) is 10.6. The second-order valence-electron chi connectivity index (χ2n) is 4.54. The molecule has 0 saturated heterocycles. The van der Waals surface area contributed by atoms with Gasteiger partial charge in [0, 0.05) is 0 Å². The molecule has 1 rings (SSSR count). The molecule has 0 aliphatic heterocycles. The molecule has 0 amide bonds. The summed E-state index contributed by atoms with van der Waals surface area (Å²) in [5.74, 6) is -0.326. The Morgan fingerprint density at radius 3 is 2.29 bits per heavy atom. The number of carbonyl (C=O) groups excluding carboxylic acids is 1. The summed E-state index contributed by atoms with van der Waals surface area (Å²) in [6.45, 7) is 5.51. The summed E-state index contributed by atoms with van der Waals surface area (Å²) in [5.41, 5.74) is 0.904. The highest BCUT2D eigenvalue weighted by atomic mass is 16.6. The van der Waals surface area contributed by atoms with Crippen molar-refractivity contribution in [3.63, 3.8) is 0 Å². The molecule has 0 aromatic heterocycles. The van der Waals surface area contributed by atoms with Crippen LogP contribution in [-0.2, 0) is 9.57 Å². The van der Waals surface area contributed by atoms with E-state index in [4.69, 9.17) is 4.74 Å². The predicted molar refractivity (Wildman–Crippen MR) is 66.2 cm³/mol. The molecule has 0 radical (unpaired) electrons. The molecule has 1 aromatic rings. The Morgan fingerprint density at radius 1 is 1.24 bits per heavy atom. The van der Waals surface area contributed by atoms with Crippen LogP contribution >= 0.6 is 0 Å². The molecule has 0 saturated carbocycles. The van der Waals surface area contributed by atoms with E-state index in [1.807, 2.05) is 20.8 Å². The molecule has 92 valence electrons. The Bertz CT molecular complexity index is 402. The number of ether oxygens (including phenoxy) is 1. The summed E-state index contributed by atoms with van der Waals surface area (Å²) < 4.78 is 5.25. The van der Waals surface area contributed by atoms with Gasteiger partial charge in [-0.25, -0.2) is 4.79 Å². The number of hydrogen-bond donors (Lipinski definition) is 0. The van der Waals surface area contributed by atoms with Crippen molar-refractivity contribution in [2.75, 3.05) is 7.11 Å². The van der Waals surface area contributed by atoms with Crippen molar-refractivity contribution < 1.29 is 14.4 Å². The van der Waals surface area contributed by atoms with E-state index >= 15 is 0 Å². The number of esters is 1. The fraction of sp³-hybridized carbons (Fsp3) is 0.385. The van der Waals surface area contributed by atoms with Crippen LogP contribution in [-0.4, -0.2) is 24.9 Å². The van der Waals surface area contributed by atoms with Crippen LogP contribution in [0.4, 0.5) is 0 Å². The lowest BCUT2D eigenvalue weighted by Crippen LogP contribution is -2.23. The summed E-state index contributed by atoms with van der Waals surface area (Å²) in [4.78, 5) is 16.3. The SMILES string of the molecule is CON=Cc1ccc(C(=O)OC(C)(C)C)cc1. The molecule has 0 N–H and O–H groups in total. The molecule has 0 spiro atoms. The molecule has 0 unspecified atom stereocenters. The van der Waals surface area contributed by atoms with Crippen LogP contribution in [0, 0.1) is 0 Å². The summed E-state index contributed by atoms with van der Waals surface area (Å²) >= 11 is 0. The molecule has 0 atom stereocenters. The van der Waals surface area contributed by atoms with E-state index in [9.17, 15) is 4.79 Å². The van der Waals surface area contributed by atoms with Gasteiger partial charge in [-0.2, -0.15) is 0 Å². The quantitative estimate of drug-likeness (QED) is 0.459. The average Bonchev–Trinajstić information content (AvgIpc) is 2.24. The van der Waals surface area contributed by atoms with Gasteiger partial charge >= 0.3 is 5.97 Å². The average molecular weight is 235 g/mol. The van der Waals surface area contributed by atoms with Gasteiger partial charge in [0.05, 0.1) is 11.8 Å². The summed E-state index contributed by atoms with van der Waals surface area (Å²) in [5, 5.41) is 3.63. The molecule has 4 nitrogen and oxygen atoms in total. The molecular formula is C13H17NO3. The molecule has 17 heavy (non-hydrogen) atoms. The lowest BCUT2D eigenvalue weighted by atomic mass is 10.1. The standard InChI is InChI=1S/C13H17NO3/c1-13(2,3)17-12(15)11-7-5-10(6-8-11)9-14-16-4/h5-9H,1-4H3. The first-order valence-corrected chi connectivity index (χ1v) is 5.32. The Morgan fingerprint density at radius 2 is 1.82 bits per heavy atom. The minimum atomic E-state index is -0.479. The molecule has 0 aliphatic rings. The monoisotopic (exact) mass is 235 g/mol. The summed E-state index contributed by atoms with van der Waals surface area (Å²) in [6, 6.07) is 6.96. The van der Waals surface area contributed by atoms with Crippen LogP contribution in [0.3, 0.4) is 0 Å². The maximum absolute atomic E-state index is 11.7. The van der Waals surface area contributed by atoms with E-state index in [-0.39, 0.29) is 5.97 Å². The van der Waals surface area contributed by atoms with Gasteiger partial charge in [-0.1, -0.05) is 17.3 Å². The van der Waals surface area contributed by atoms with E-state index in [0.29, 0.717) is 5.56 Å². The molecular weight excluding hydrogens is 218 g/mol. The zero-order chi connectivity index (χ0) is 12.9. The van der Waals surface area contributed by atoms with Gasteiger partial charge < -0.3 is 9.57 Å². The van der Waals surface area contributed by atoms with Crippen LogP contribution in [0.5, 0.6) is 0 Å². The van der Waals surface area contributed by atoms with Crippen LogP contribution in [0.2, 0.25) is 0 Å². The second kappa shape index (κ2) is 5.48. The van der Waals surface area contributed by atoms with Gasteiger partial charge in [0.2, 0.25) is 0 Å². The predicted octanol–water partition coefficient (Wildman–Crippen LogP) is 2.62. The first-order chi connectivity index (χ1) is 7.92. The highest BCUT2D eigenvalue weighted by Gasteiger charge is 2.17. The Balaban J connectivity index is 2.74. The lowest BCUT2D eigenvalue weighted by molar-refractivity contribution is 0.00696. The minimum Gasteiger partial charge on any atom is -0.456 e. The highest BCUT2D eigenvalue weighted by Crippen LogP contribution is 2.12. The van der Waals surface area contributed by atoms with Gasteiger partial charge in [-0.3, -0.25) is 0 Å². The van der Waals surface area contributed by atoms with E-state index < -0.39 is 5.60 Å². The van der Waals surface area contributed by atoms with Crippen LogP contribution in [0.15, 0.2) is 29.4 Å². The first-order valence-electron chi connectivity index (χ1n) is 5.32. The number of rotatable bonds is 3. The third-order valence-corrected chi connectivity index (χ3v) is 1.85. The van der Waals surface area contributed by atoms with Crippen LogP contribution in [0.25, 0.3) is 0 Å². The minimum absolute atomic E-state index is 0.326. The van der Waals surface area contributed by atoms with Crippen molar-refractivity contribution in [3.8, 4) is 0 Å². The van der Waals surface area contributed by atoms with Crippen LogP contribution in [0.1, 0.15) is 36.7 Å². The van der Waals surface area contributed by atoms with Crippen molar-refractivity contribution in [2.24, 2.45) is 5.16 Å². The van der Waals surface area contributed by atoms with Gasteiger partial charge in [0.25, 0.3) is 0 Å². The van der Waals surface area contributed by atoms with Crippen molar-refractivity contribution in [3.05, 3.63) is 35.4 Å². The Labute approximate surface area is 101 Å². The van der Waals surface area contributed by atoms with Gasteiger partial charge in [-0.05, 0) is 38.5 Å².